The van der Waals surface area contributed by atoms with Gasteiger partial charge in [-0.05, 0) is 56.6 Å². The van der Waals surface area contributed by atoms with Crippen molar-refractivity contribution in [1.82, 2.24) is 0 Å². The van der Waals surface area contributed by atoms with Crippen LogP contribution in [0.25, 0.3) is 32.3 Å². The van der Waals surface area contributed by atoms with Gasteiger partial charge in [0.2, 0.25) is 0 Å². The van der Waals surface area contributed by atoms with Crippen molar-refractivity contribution in [3.05, 3.63) is 66.7 Å². The zero-order chi connectivity index (χ0) is 12.8. The van der Waals surface area contributed by atoms with Gasteiger partial charge in [-0.1, -0.05) is 47.9 Å². The van der Waals surface area contributed by atoms with Gasteiger partial charge in [-0.2, -0.15) is 0 Å². The lowest BCUT2D eigenvalue weighted by Crippen LogP contribution is -1.99. The Labute approximate surface area is 113 Å². The van der Waals surface area contributed by atoms with Gasteiger partial charge in [0.1, 0.15) is 7.85 Å². The lowest BCUT2D eigenvalue weighted by Gasteiger charge is -2.06. The predicted molar refractivity (Wildman–Crippen MR) is 87.1 cm³/mol. The van der Waals surface area contributed by atoms with Gasteiger partial charge >= 0.3 is 0 Å². The van der Waals surface area contributed by atoms with Crippen molar-refractivity contribution in [2.75, 3.05) is 0 Å². The minimum atomic E-state index is 1.31. The van der Waals surface area contributed by atoms with Crippen LogP contribution in [0.1, 0.15) is 0 Å². The molecule has 0 bridgehead atoms. The van der Waals surface area contributed by atoms with E-state index in [1.54, 1.807) is 0 Å². The summed E-state index contributed by atoms with van der Waals surface area (Å²) in [5.41, 5.74) is 1.31. The molecule has 0 N–H and O–H groups in total. The molecule has 0 amide bonds. The molecule has 0 aliphatic carbocycles. The minimum absolute atomic E-state index is 1.31. The number of hydrogen-bond acceptors (Lipinski definition) is 0. The maximum Gasteiger partial charge on any atom is 0.139 e. The molecular formula is C18H13B. The van der Waals surface area contributed by atoms with Crippen molar-refractivity contribution < 1.29 is 0 Å². The van der Waals surface area contributed by atoms with Gasteiger partial charge in [-0.25, -0.2) is 0 Å². The van der Waals surface area contributed by atoms with E-state index in [1.807, 2.05) is 0 Å². The van der Waals surface area contributed by atoms with Gasteiger partial charge in [0, 0.05) is 0 Å². The first kappa shape index (κ1) is 10.6. The van der Waals surface area contributed by atoms with E-state index in [0.717, 1.165) is 0 Å². The number of hydrogen-bond donors (Lipinski definition) is 0. The molecule has 0 nitrogen and oxygen atoms in total. The first-order valence-electron chi connectivity index (χ1n) is 6.62. The van der Waals surface area contributed by atoms with E-state index in [9.17, 15) is 0 Å². The third-order valence-corrected chi connectivity index (χ3v) is 3.82. The molecule has 1 heteroatoms. The SMILES string of the molecule is Bc1ccc2cc3cc4ccccc4cc3cc2c1. The largest absolute Gasteiger partial charge is 0.139 e. The summed E-state index contributed by atoms with van der Waals surface area (Å²) in [6.45, 7) is 0. The van der Waals surface area contributed by atoms with Crippen molar-refractivity contribution in [3.63, 3.8) is 0 Å². The van der Waals surface area contributed by atoms with Crippen LogP contribution in [0.15, 0.2) is 66.7 Å². The molecule has 0 atom stereocenters. The van der Waals surface area contributed by atoms with Gasteiger partial charge in [0.25, 0.3) is 0 Å². The van der Waals surface area contributed by atoms with E-state index in [2.05, 4.69) is 74.6 Å². The highest BCUT2D eigenvalue weighted by atomic mass is 14.0. The predicted octanol–water partition coefficient (Wildman–Crippen LogP) is 3.40. The minimum Gasteiger partial charge on any atom is -0.0883 e. The Kier molecular flexibility index (Phi) is 2.16. The molecule has 4 aromatic rings. The second-order valence-electron chi connectivity index (χ2n) is 5.25. The van der Waals surface area contributed by atoms with Crippen LogP contribution in [0.4, 0.5) is 0 Å². The van der Waals surface area contributed by atoms with Crippen LogP contribution in [0, 0.1) is 0 Å². The van der Waals surface area contributed by atoms with Gasteiger partial charge < -0.3 is 0 Å². The monoisotopic (exact) mass is 240 g/mol. The van der Waals surface area contributed by atoms with Crippen LogP contribution in [-0.4, -0.2) is 7.85 Å². The first-order valence-corrected chi connectivity index (χ1v) is 6.62. The molecule has 4 rings (SSSR count). The summed E-state index contributed by atoms with van der Waals surface area (Å²) in [5, 5.41) is 7.88. The van der Waals surface area contributed by atoms with E-state index in [1.165, 1.54) is 37.8 Å². The molecular weight excluding hydrogens is 227 g/mol. The van der Waals surface area contributed by atoms with Crippen LogP contribution >= 0.6 is 0 Å². The maximum absolute atomic E-state index is 2.30. The number of rotatable bonds is 0. The summed E-state index contributed by atoms with van der Waals surface area (Å²) in [7, 11) is 2.14. The summed E-state index contributed by atoms with van der Waals surface area (Å²) >= 11 is 0. The van der Waals surface area contributed by atoms with Gasteiger partial charge in [0.05, 0.1) is 0 Å². The lowest BCUT2D eigenvalue weighted by atomic mass is 9.92. The fraction of sp³-hybridized carbons (Fsp3) is 0. The normalized spacial score (nSPS) is 11.4. The molecule has 0 aromatic heterocycles. The average Bonchev–Trinajstić information content (AvgIpc) is 2.43. The fourth-order valence-electron chi connectivity index (χ4n) is 2.81. The Bertz CT molecular complexity index is 922. The smallest absolute Gasteiger partial charge is 0.0883 e. The average molecular weight is 240 g/mol. The first-order chi connectivity index (χ1) is 9.29. The molecule has 0 saturated heterocycles. The highest BCUT2D eigenvalue weighted by molar-refractivity contribution is 6.33. The lowest BCUT2D eigenvalue weighted by molar-refractivity contribution is 1.79. The van der Waals surface area contributed by atoms with E-state index in [0.29, 0.717) is 0 Å². The maximum atomic E-state index is 2.30. The molecule has 0 radical (unpaired) electrons. The van der Waals surface area contributed by atoms with Crippen LogP contribution in [0.3, 0.4) is 0 Å². The molecule has 4 aromatic carbocycles. The number of benzene rings is 4. The summed E-state index contributed by atoms with van der Waals surface area (Å²) in [5.74, 6) is 0. The number of fused-ring (bicyclic) bond motifs is 3. The molecule has 0 aliphatic rings. The molecule has 0 unspecified atom stereocenters. The van der Waals surface area contributed by atoms with Crippen LogP contribution < -0.4 is 5.46 Å². The summed E-state index contributed by atoms with van der Waals surface area (Å²) in [6, 6.07) is 24.3. The van der Waals surface area contributed by atoms with Gasteiger partial charge in [-0.15, -0.1) is 0 Å². The molecule has 0 fully saturated rings. The van der Waals surface area contributed by atoms with E-state index >= 15 is 0 Å². The Morgan fingerprint density at radius 3 is 1.58 bits per heavy atom. The van der Waals surface area contributed by atoms with Crippen LogP contribution in [0.2, 0.25) is 0 Å². The summed E-state index contributed by atoms with van der Waals surface area (Å²) < 4.78 is 0. The van der Waals surface area contributed by atoms with Crippen LogP contribution in [0.5, 0.6) is 0 Å². The highest BCUT2D eigenvalue weighted by Gasteiger charge is 2.01. The molecule has 0 spiro atoms. The van der Waals surface area contributed by atoms with Crippen molar-refractivity contribution in [2.24, 2.45) is 0 Å². The second-order valence-corrected chi connectivity index (χ2v) is 5.25. The Hall–Kier alpha value is -2.28. The van der Waals surface area contributed by atoms with Crippen molar-refractivity contribution in [3.8, 4) is 0 Å². The van der Waals surface area contributed by atoms with Gasteiger partial charge in [-0.3, -0.25) is 0 Å². The molecule has 0 heterocycles. The summed E-state index contributed by atoms with van der Waals surface area (Å²) in [4.78, 5) is 0. The summed E-state index contributed by atoms with van der Waals surface area (Å²) in [6.07, 6.45) is 0. The zero-order valence-corrected chi connectivity index (χ0v) is 10.9. The molecule has 88 valence electrons. The quantitative estimate of drug-likeness (QED) is 0.326. The van der Waals surface area contributed by atoms with E-state index < -0.39 is 0 Å². The Morgan fingerprint density at radius 2 is 0.947 bits per heavy atom. The Morgan fingerprint density at radius 1 is 0.474 bits per heavy atom. The Balaban J connectivity index is 2.16. The second kappa shape index (κ2) is 3.86. The fourth-order valence-corrected chi connectivity index (χ4v) is 2.81. The van der Waals surface area contributed by atoms with Crippen molar-refractivity contribution in [1.29, 1.82) is 0 Å². The molecule has 0 saturated carbocycles. The zero-order valence-electron chi connectivity index (χ0n) is 10.9. The van der Waals surface area contributed by atoms with E-state index in [-0.39, 0.29) is 0 Å². The third-order valence-electron chi connectivity index (χ3n) is 3.82. The van der Waals surface area contributed by atoms with Crippen LogP contribution in [-0.2, 0) is 0 Å². The molecule has 0 aliphatic heterocycles. The van der Waals surface area contributed by atoms with E-state index in [4.69, 9.17) is 0 Å². The molecule has 19 heavy (non-hydrogen) atoms. The van der Waals surface area contributed by atoms with Crippen molar-refractivity contribution in [2.45, 2.75) is 0 Å². The third kappa shape index (κ3) is 1.70. The van der Waals surface area contributed by atoms with Crippen molar-refractivity contribution >= 4 is 45.6 Å². The van der Waals surface area contributed by atoms with Gasteiger partial charge in [0.15, 0.2) is 0 Å². The highest BCUT2D eigenvalue weighted by Crippen LogP contribution is 2.26. The topological polar surface area (TPSA) is 0 Å². The standard InChI is InChI=1S/C18H13B/c19-18-6-5-14-9-15-7-12-3-1-2-4-13(12)8-16(15)10-17(14)11-18/h1-11H,19H2.